The number of benzene rings is 2. The van der Waals surface area contributed by atoms with Crippen LogP contribution in [0.1, 0.15) is 24.8 Å². The molecule has 0 N–H and O–H groups in total. The SMILES string of the molecule is c1ccc2oc(Oc3ccc(CN4CCCCC4)cc3)nc2c1. The van der Waals surface area contributed by atoms with Crippen molar-refractivity contribution in [1.29, 1.82) is 0 Å². The molecule has 4 rings (SSSR count). The Labute approximate surface area is 135 Å². The van der Waals surface area contributed by atoms with Crippen molar-refractivity contribution in [1.82, 2.24) is 9.88 Å². The van der Waals surface area contributed by atoms with Gasteiger partial charge >= 0.3 is 6.08 Å². The Morgan fingerprint density at radius 1 is 0.957 bits per heavy atom. The van der Waals surface area contributed by atoms with E-state index in [1.165, 1.54) is 37.9 Å². The minimum Gasteiger partial charge on any atom is -0.411 e. The van der Waals surface area contributed by atoms with Crippen LogP contribution in [0.2, 0.25) is 0 Å². The lowest BCUT2D eigenvalue weighted by molar-refractivity contribution is 0.221. The zero-order chi connectivity index (χ0) is 15.5. The highest BCUT2D eigenvalue weighted by Crippen LogP contribution is 2.25. The van der Waals surface area contributed by atoms with E-state index >= 15 is 0 Å². The number of oxazole rings is 1. The molecule has 0 radical (unpaired) electrons. The van der Waals surface area contributed by atoms with Gasteiger partial charge in [0.2, 0.25) is 0 Å². The highest BCUT2D eigenvalue weighted by Gasteiger charge is 2.11. The first-order chi connectivity index (χ1) is 11.4. The third-order valence-electron chi connectivity index (χ3n) is 4.26. The molecule has 0 amide bonds. The van der Waals surface area contributed by atoms with Gasteiger partial charge in [-0.05, 0) is 55.8 Å². The van der Waals surface area contributed by atoms with Crippen molar-refractivity contribution in [2.45, 2.75) is 25.8 Å². The van der Waals surface area contributed by atoms with E-state index in [2.05, 4.69) is 22.0 Å². The molecule has 1 aromatic heterocycles. The van der Waals surface area contributed by atoms with E-state index in [-0.39, 0.29) is 6.08 Å². The van der Waals surface area contributed by atoms with Crippen LogP contribution < -0.4 is 4.74 Å². The summed E-state index contributed by atoms with van der Waals surface area (Å²) in [5.74, 6) is 0.749. The molecule has 3 aromatic rings. The summed E-state index contributed by atoms with van der Waals surface area (Å²) in [4.78, 5) is 6.84. The Hall–Kier alpha value is -2.33. The fourth-order valence-corrected chi connectivity index (χ4v) is 3.03. The number of likely N-dealkylation sites (tertiary alicyclic amines) is 1. The van der Waals surface area contributed by atoms with Crippen molar-refractivity contribution >= 4 is 11.1 Å². The minimum atomic E-state index is 0.287. The van der Waals surface area contributed by atoms with E-state index in [9.17, 15) is 0 Å². The molecule has 2 aromatic carbocycles. The summed E-state index contributed by atoms with van der Waals surface area (Å²) in [5, 5.41) is 0. The fourth-order valence-electron chi connectivity index (χ4n) is 3.03. The number of hydrogen-bond donors (Lipinski definition) is 0. The van der Waals surface area contributed by atoms with Gasteiger partial charge in [-0.3, -0.25) is 4.90 Å². The van der Waals surface area contributed by atoms with Gasteiger partial charge < -0.3 is 9.15 Å². The third kappa shape index (κ3) is 3.37. The molecule has 0 saturated carbocycles. The number of fused-ring (bicyclic) bond motifs is 1. The van der Waals surface area contributed by atoms with Gasteiger partial charge in [0.25, 0.3) is 0 Å². The van der Waals surface area contributed by atoms with E-state index in [0.717, 1.165) is 23.4 Å². The molecule has 23 heavy (non-hydrogen) atoms. The summed E-state index contributed by atoms with van der Waals surface area (Å²) in [7, 11) is 0. The molecule has 0 spiro atoms. The van der Waals surface area contributed by atoms with Gasteiger partial charge in [-0.25, -0.2) is 0 Å². The van der Waals surface area contributed by atoms with Crippen LogP contribution in [0.25, 0.3) is 11.1 Å². The van der Waals surface area contributed by atoms with Crippen LogP contribution in [0.3, 0.4) is 0 Å². The van der Waals surface area contributed by atoms with Gasteiger partial charge in [0.05, 0.1) is 0 Å². The molecule has 1 fully saturated rings. The van der Waals surface area contributed by atoms with Gasteiger partial charge in [0.15, 0.2) is 5.58 Å². The normalized spacial score (nSPS) is 15.8. The lowest BCUT2D eigenvalue weighted by Gasteiger charge is -2.26. The molecule has 0 bridgehead atoms. The smallest absolute Gasteiger partial charge is 0.400 e. The van der Waals surface area contributed by atoms with E-state index in [4.69, 9.17) is 9.15 Å². The summed E-state index contributed by atoms with van der Waals surface area (Å²) in [6.45, 7) is 3.44. The van der Waals surface area contributed by atoms with E-state index in [1.807, 2.05) is 36.4 Å². The second-order valence-corrected chi connectivity index (χ2v) is 6.03. The van der Waals surface area contributed by atoms with Gasteiger partial charge in [-0.15, -0.1) is 0 Å². The molecule has 1 aliphatic rings. The molecule has 4 nitrogen and oxygen atoms in total. The van der Waals surface area contributed by atoms with Gasteiger partial charge in [-0.2, -0.15) is 4.98 Å². The number of hydrogen-bond acceptors (Lipinski definition) is 4. The van der Waals surface area contributed by atoms with Crippen LogP contribution in [-0.2, 0) is 6.54 Å². The first kappa shape index (κ1) is 14.3. The number of rotatable bonds is 4. The molecular formula is C19H20N2O2. The van der Waals surface area contributed by atoms with Gasteiger partial charge in [-0.1, -0.05) is 30.7 Å². The predicted octanol–water partition coefficient (Wildman–Crippen LogP) is 4.61. The van der Waals surface area contributed by atoms with E-state index in [0.29, 0.717) is 0 Å². The zero-order valence-corrected chi connectivity index (χ0v) is 13.1. The Kier molecular flexibility index (Phi) is 3.99. The molecule has 0 unspecified atom stereocenters. The quantitative estimate of drug-likeness (QED) is 0.705. The van der Waals surface area contributed by atoms with Crippen molar-refractivity contribution in [3.05, 3.63) is 54.1 Å². The summed E-state index contributed by atoms with van der Waals surface area (Å²) in [6, 6.07) is 15.8. The van der Waals surface area contributed by atoms with Crippen LogP contribution in [0.15, 0.2) is 52.9 Å². The van der Waals surface area contributed by atoms with Gasteiger partial charge in [0, 0.05) is 6.54 Å². The molecule has 0 aliphatic carbocycles. The number of piperidine rings is 1. The second kappa shape index (κ2) is 6.42. The first-order valence-corrected chi connectivity index (χ1v) is 8.21. The topological polar surface area (TPSA) is 38.5 Å². The summed E-state index contributed by atoms with van der Waals surface area (Å²) in [5.41, 5.74) is 2.87. The summed E-state index contributed by atoms with van der Waals surface area (Å²) in [6.07, 6.45) is 4.29. The van der Waals surface area contributed by atoms with Crippen LogP contribution in [0, 0.1) is 0 Å². The molecule has 4 heteroatoms. The number of aromatic nitrogens is 1. The molecule has 0 atom stereocenters. The summed E-state index contributed by atoms with van der Waals surface area (Å²) >= 11 is 0. The Morgan fingerprint density at radius 3 is 2.52 bits per heavy atom. The highest BCUT2D eigenvalue weighted by atomic mass is 16.6. The zero-order valence-electron chi connectivity index (χ0n) is 13.1. The van der Waals surface area contributed by atoms with Crippen LogP contribution in [-0.4, -0.2) is 23.0 Å². The van der Waals surface area contributed by atoms with E-state index < -0.39 is 0 Å². The molecule has 1 aliphatic heterocycles. The van der Waals surface area contributed by atoms with Crippen molar-refractivity contribution in [3.8, 4) is 11.8 Å². The third-order valence-corrected chi connectivity index (χ3v) is 4.26. The minimum absolute atomic E-state index is 0.287. The van der Waals surface area contributed by atoms with Crippen molar-refractivity contribution in [3.63, 3.8) is 0 Å². The van der Waals surface area contributed by atoms with Crippen LogP contribution >= 0.6 is 0 Å². The fraction of sp³-hybridized carbons (Fsp3) is 0.316. The lowest BCUT2D eigenvalue weighted by atomic mass is 10.1. The van der Waals surface area contributed by atoms with Crippen molar-refractivity contribution in [2.24, 2.45) is 0 Å². The van der Waals surface area contributed by atoms with Crippen molar-refractivity contribution in [2.75, 3.05) is 13.1 Å². The molecule has 2 heterocycles. The Balaban J connectivity index is 1.43. The summed E-state index contributed by atoms with van der Waals surface area (Å²) < 4.78 is 11.3. The predicted molar refractivity (Wildman–Crippen MR) is 89.7 cm³/mol. The maximum Gasteiger partial charge on any atom is 0.400 e. The van der Waals surface area contributed by atoms with Crippen LogP contribution in [0.4, 0.5) is 0 Å². The number of ether oxygens (including phenoxy) is 1. The average molecular weight is 308 g/mol. The second-order valence-electron chi connectivity index (χ2n) is 6.03. The lowest BCUT2D eigenvalue weighted by Crippen LogP contribution is -2.28. The maximum absolute atomic E-state index is 5.72. The van der Waals surface area contributed by atoms with Crippen LogP contribution in [0.5, 0.6) is 11.8 Å². The van der Waals surface area contributed by atoms with Gasteiger partial charge in [0.1, 0.15) is 11.3 Å². The highest BCUT2D eigenvalue weighted by molar-refractivity contribution is 5.72. The first-order valence-electron chi connectivity index (χ1n) is 8.21. The largest absolute Gasteiger partial charge is 0.411 e. The monoisotopic (exact) mass is 308 g/mol. The number of para-hydroxylation sites is 2. The molecule has 118 valence electrons. The Bertz CT molecular complexity index is 740. The molecule has 1 saturated heterocycles. The van der Waals surface area contributed by atoms with E-state index in [1.54, 1.807) is 0 Å². The average Bonchev–Trinajstić information content (AvgIpc) is 3.00. The number of nitrogens with zero attached hydrogens (tertiary/aromatic N) is 2. The maximum atomic E-state index is 5.72. The van der Waals surface area contributed by atoms with Crippen molar-refractivity contribution < 1.29 is 9.15 Å². The molecular weight excluding hydrogens is 288 g/mol. The standard InChI is InChI=1S/C19H20N2O2/c1-4-12-21(13-5-1)14-15-8-10-16(11-9-15)22-19-20-17-6-2-3-7-18(17)23-19/h2-3,6-11H,1,4-5,12-14H2. The Morgan fingerprint density at radius 2 is 1.74 bits per heavy atom.